The molecule has 2 saturated carbocycles. The molecule has 0 N–H and O–H groups in total. The quantitative estimate of drug-likeness (QED) is 0.385. The summed E-state index contributed by atoms with van der Waals surface area (Å²) in [7, 11) is 0. The number of benzene rings is 1. The summed E-state index contributed by atoms with van der Waals surface area (Å²) in [5.41, 5.74) is 2.07. The molecule has 1 unspecified atom stereocenters. The Morgan fingerprint density at radius 2 is 1.92 bits per heavy atom. The van der Waals surface area contributed by atoms with E-state index in [-0.39, 0.29) is 23.3 Å². The van der Waals surface area contributed by atoms with Crippen LogP contribution in [0.1, 0.15) is 59.8 Å². The first-order valence-corrected chi connectivity index (χ1v) is 13.9. The fraction of sp³-hybridized carbons (Fsp3) is 0.536. The van der Waals surface area contributed by atoms with Gasteiger partial charge in [-0.3, -0.25) is 9.69 Å². The largest absolute Gasteiger partial charge is 0.471 e. The Bertz CT molecular complexity index is 1200. The van der Waals surface area contributed by atoms with Gasteiger partial charge in [0.1, 0.15) is 9.88 Å². The van der Waals surface area contributed by atoms with Gasteiger partial charge in [0.25, 0.3) is 0 Å². The monoisotopic (exact) mass is 547 g/mol. The Hall–Kier alpha value is -2.72. The molecular weight excluding hydrogens is 515 g/mol. The standard InChI is InChI=1S/C28H32F3N3O3S/c1-3-19(10-18-8-6-5-7-9-18)21-11-22(21)34(26(36)28(29,30)31)20-12-27(13-20)16-33(17-27)15-24-32-14-23(38-24)25(35)37-4-2/h5-10,14,20-22H,3-4,11-13,15-17H2,1-2H3/t21?,22-/m0/s1. The van der Waals surface area contributed by atoms with E-state index in [1.807, 2.05) is 37.3 Å². The summed E-state index contributed by atoms with van der Waals surface area (Å²) < 4.78 is 45.8. The molecule has 10 heteroatoms. The molecule has 38 heavy (non-hydrogen) atoms. The number of halogens is 3. The molecular formula is C28H32F3N3O3S. The molecule has 3 aliphatic rings. The molecule has 2 aromatic rings. The minimum atomic E-state index is -4.88. The number of amides is 1. The van der Waals surface area contributed by atoms with Crippen LogP contribution < -0.4 is 0 Å². The second-order valence-electron chi connectivity index (χ2n) is 10.6. The number of esters is 1. The first kappa shape index (κ1) is 26.9. The van der Waals surface area contributed by atoms with Crippen molar-refractivity contribution < 1.29 is 27.5 Å². The number of thiazole rings is 1. The van der Waals surface area contributed by atoms with Gasteiger partial charge in [-0.05, 0) is 43.6 Å². The van der Waals surface area contributed by atoms with E-state index in [9.17, 15) is 22.8 Å². The van der Waals surface area contributed by atoms with E-state index in [2.05, 4.69) is 16.0 Å². The van der Waals surface area contributed by atoms with Crippen molar-refractivity contribution in [3.05, 3.63) is 57.6 Å². The van der Waals surface area contributed by atoms with Gasteiger partial charge >= 0.3 is 18.1 Å². The average molecular weight is 548 g/mol. The van der Waals surface area contributed by atoms with Gasteiger partial charge < -0.3 is 9.64 Å². The van der Waals surface area contributed by atoms with Crippen LogP contribution in [0.15, 0.2) is 42.1 Å². The molecule has 0 radical (unpaired) electrons. The summed E-state index contributed by atoms with van der Waals surface area (Å²) in [6, 6.07) is 8.98. The number of hydrogen-bond donors (Lipinski definition) is 0. The minimum absolute atomic E-state index is 0.0283. The number of hydrogen-bond acceptors (Lipinski definition) is 6. The van der Waals surface area contributed by atoms with E-state index in [1.165, 1.54) is 22.4 Å². The Morgan fingerprint density at radius 3 is 2.55 bits per heavy atom. The Morgan fingerprint density at radius 1 is 1.21 bits per heavy atom. The zero-order valence-corrected chi connectivity index (χ0v) is 22.4. The van der Waals surface area contributed by atoms with E-state index >= 15 is 0 Å². The van der Waals surface area contributed by atoms with Crippen molar-refractivity contribution in [2.75, 3.05) is 19.7 Å². The summed E-state index contributed by atoms with van der Waals surface area (Å²) in [5.74, 6) is -2.11. The molecule has 2 atom stereocenters. The number of carbonyl (C=O) groups is 2. The van der Waals surface area contributed by atoms with Crippen LogP contribution in [-0.2, 0) is 16.1 Å². The lowest BCUT2D eigenvalue weighted by Crippen LogP contribution is -2.67. The summed E-state index contributed by atoms with van der Waals surface area (Å²) in [6.45, 7) is 6.18. The fourth-order valence-electron chi connectivity index (χ4n) is 6.14. The van der Waals surface area contributed by atoms with Gasteiger partial charge in [-0.2, -0.15) is 13.2 Å². The van der Waals surface area contributed by atoms with E-state index in [4.69, 9.17) is 4.74 Å². The molecule has 0 bridgehead atoms. The highest BCUT2D eigenvalue weighted by Gasteiger charge is 2.61. The maximum atomic E-state index is 13.6. The third-order valence-electron chi connectivity index (χ3n) is 7.86. The van der Waals surface area contributed by atoms with Crippen LogP contribution in [-0.4, -0.2) is 64.6 Å². The Balaban J connectivity index is 1.20. The lowest BCUT2D eigenvalue weighted by Gasteiger charge is -2.61. The Labute approximate surface area is 224 Å². The molecule has 2 aliphatic carbocycles. The van der Waals surface area contributed by atoms with Crippen molar-refractivity contribution in [3.63, 3.8) is 0 Å². The SMILES string of the molecule is CCOC(=O)c1cnc(CN2CC3(CC(N(C(=O)C(F)(F)F)[C@H]4CC4C(=Cc4ccccc4)CC)C3)C2)s1. The topological polar surface area (TPSA) is 62.7 Å². The van der Waals surface area contributed by atoms with E-state index in [0.717, 1.165) is 35.7 Å². The average Bonchev–Trinajstić information content (AvgIpc) is 3.46. The van der Waals surface area contributed by atoms with Crippen LogP contribution in [0, 0.1) is 11.3 Å². The molecule has 2 heterocycles. The number of rotatable bonds is 9. The lowest BCUT2D eigenvalue weighted by atomic mass is 9.60. The first-order chi connectivity index (χ1) is 18.1. The zero-order chi connectivity index (χ0) is 27.1. The molecule has 1 aromatic heterocycles. The fourth-order valence-corrected chi connectivity index (χ4v) is 6.99. The molecule has 5 rings (SSSR count). The van der Waals surface area contributed by atoms with Crippen LogP contribution in [0.4, 0.5) is 13.2 Å². The highest BCUT2D eigenvalue weighted by atomic mass is 32.1. The van der Waals surface area contributed by atoms with E-state index in [0.29, 0.717) is 37.3 Å². The van der Waals surface area contributed by atoms with Crippen LogP contribution in [0.5, 0.6) is 0 Å². The summed E-state index contributed by atoms with van der Waals surface area (Å²) >= 11 is 1.30. The molecule has 3 fully saturated rings. The van der Waals surface area contributed by atoms with Gasteiger partial charge in [0.2, 0.25) is 0 Å². The van der Waals surface area contributed by atoms with Crippen LogP contribution in [0.2, 0.25) is 0 Å². The number of nitrogens with zero attached hydrogens (tertiary/aromatic N) is 3. The molecule has 6 nitrogen and oxygen atoms in total. The maximum Gasteiger partial charge on any atom is 0.471 e. The van der Waals surface area contributed by atoms with Gasteiger partial charge in [-0.25, -0.2) is 9.78 Å². The van der Waals surface area contributed by atoms with Crippen molar-refractivity contribution >= 4 is 29.3 Å². The van der Waals surface area contributed by atoms with Crippen LogP contribution in [0.3, 0.4) is 0 Å². The molecule has 1 spiro atoms. The van der Waals surface area contributed by atoms with Crippen LogP contribution in [0.25, 0.3) is 6.08 Å². The smallest absolute Gasteiger partial charge is 0.462 e. The highest BCUT2D eigenvalue weighted by molar-refractivity contribution is 7.13. The number of ether oxygens (including phenoxy) is 1. The summed E-state index contributed by atoms with van der Waals surface area (Å²) in [6.07, 6.45) is 1.20. The molecule has 1 amide bonds. The minimum Gasteiger partial charge on any atom is -0.462 e. The second kappa shape index (κ2) is 10.4. The number of carbonyl (C=O) groups excluding carboxylic acids is 2. The van der Waals surface area contributed by atoms with Crippen molar-refractivity contribution in [1.29, 1.82) is 0 Å². The van der Waals surface area contributed by atoms with Crippen molar-refractivity contribution in [1.82, 2.24) is 14.8 Å². The normalized spacial score (nSPS) is 23.0. The third-order valence-corrected chi connectivity index (χ3v) is 8.83. The predicted molar refractivity (Wildman–Crippen MR) is 138 cm³/mol. The molecule has 1 aliphatic heterocycles. The van der Waals surface area contributed by atoms with Crippen molar-refractivity contribution in [2.45, 2.75) is 64.3 Å². The van der Waals surface area contributed by atoms with E-state index < -0.39 is 18.1 Å². The van der Waals surface area contributed by atoms with Gasteiger partial charge in [0.05, 0.1) is 19.3 Å². The van der Waals surface area contributed by atoms with Crippen molar-refractivity contribution in [3.8, 4) is 0 Å². The molecule has 204 valence electrons. The first-order valence-electron chi connectivity index (χ1n) is 13.1. The van der Waals surface area contributed by atoms with Crippen LogP contribution >= 0.6 is 11.3 Å². The zero-order valence-electron chi connectivity index (χ0n) is 21.5. The number of aromatic nitrogens is 1. The number of alkyl halides is 3. The second-order valence-corrected chi connectivity index (χ2v) is 11.8. The van der Waals surface area contributed by atoms with E-state index in [1.54, 1.807) is 6.92 Å². The highest BCUT2D eigenvalue weighted by Crippen LogP contribution is 2.55. The summed E-state index contributed by atoms with van der Waals surface area (Å²) in [4.78, 5) is 32.6. The number of likely N-dealkylation sites (tertiary alicyclic amines) is 1. The van der Waals surface area contributed by atoms with Gasteiger partial charge in [0, 0.05) is 31.1 Å². The lowest BCUT2D eigenvalue weighted by molar-refractivity contribution is -0.197. The van der Waals surface area contributed by atoms with Gasteiger partial charge in [-0.15, -0.1) is 11.3 Å². The Kier molecular flexibility index (Phi) is 7.39. The molecule has 1 saturated heterocycles. The third kappa shape index (κ3) is 5.52. The predicted octanol–water partition coefficient (Wildman–Crippen LogP) is 5.56. The maximum absolute atomic E-state index is 13.6. The molecule has 1 aromatic carbocycles. The van der Waals surface area contributed by atoms with Gasteiger partial charge in [-0.1, -0.05) is 48.9 Å². The summed E-state index contributed by atoms with van der Waals surface area (Å²) in [5, 5.41) is 0.811. The van der Waals surface area contributed by atoms with Gasteiger partial charge in [0.15, 0.2) is 0 Å². The van der Waals surface area contributed by atoms with Crippen molar-refractivity contribution in [2.24, 2.45) is 11.3 Å².